The van der Waals surface area contributed by atoms with Crippen LogP contribution in [-0.4, -0.2) is 36.5 Å². The molecule has 3 aromatic carbocycles. The van der Waals surface area contributed by atoms with Crippen molar-refractivity contribution in [2.45, 2.75) is 42.1 Å². The minimum Gasteiger partial charge on any atom is -0.348 e. The van der Waals surface area contributed by atoms with Crippen molar-refractivity contribution in [1.82, 2.24) is 10.2 Å². The number of likely N-dealkylation sites (tertiary alicyclic amines) is 1. The SMILES string of the molecule is CC(CN1CCCC1)N1c2ccccc2Sc2ccc(C(=O)NCc3ccccc3Cl)cc21.Cl. The molecule has 0 bridgehead atoms. The fraction of sp³-hybridized carbons (Fsp3) is 0.296. The third-order valence-electron chi connectivity index (χ3n) is 6.38. The average molecular weight is 515 g/mol. The van der Waals surface area contributed by atoms with Crippen molar-refractivity contribution in [3.63, 3.8) is 0 Å². The molecule has 1 N–H and O–H groups in total. The number of nitrogens with zero attached hydrogens (tertiary/aromatic N) is 2. The van der Waals surface area contributed by atoms with Crippen LogP contribution in [0.5, 0.6) is 0 Å². The van der Waals surface area contributed by atoms with Crippen molar-refractivity contribution in [2.24, 2.45) is 0 Å². The summed E-state index contributed by atoms with van der Waals surface area (Å²) < 4.78 is 0. The summed E-state index contributed by atoms with van der Waals surface area (Å²) in [6, 6.07) is 22.5. The number of anilines is 2. The Morgan fingerprint density at radius 1 is 1.00 bits per heavy atom. The Morgan fingerprint density at radius 3 is 2.50 bits per heavy atom. The van der Waals surface area contributed by atoms with Crippen LogP contribution < -0.4 is 10.2 Å². The van der Waals surface area contributed by atoms with Crippen molar-refractivity contribution in [1.29, 1.82) is 0 Å². The molecule has 2 aliphatic rings. The van der Waals surface area contributed by atoms with Gasteiger partial charge in [0, 0.05) is 39.5 Å². The molecule has 178 valence electrons. The van der Waals surface area contributed by atoms with Gasteiger partial charge < -0.3 is 15.1 Å². The van der Waals surface area contributed by atoms with E-state index in [1.54, 1.807) is 11.8 Å². The van der Waals surface area contributed by atoms with Gasteiger partial charge in [0.1, 0.15) is 0 Å². The molecule has 1 atom stereocenters. The summed E-state index contributed by atoms with van der Waals surface area (Å²) in [5.41, 5.74) is 3.90. The van der Waals surface area contributed by atoms with E-state index in [4.69, 9.17) is 11.6 Å². The van der Waals surface area contributed by atoms with E-state index in [1.165, 1.54) is 41.4 Å². The highest BCUT2D eigenvalue weighted by Gasteiger charge is 2.29. The topological polar surface area (TPSA) is 35.6 Å². The Morgan fingerprint density at radius 2 is 1.71 bits per heavy atom. The first kappa shape index (κ1) is 24.9. The molecule has 2 heterocycles. The van der Waals surface area contributed by atoms with Crippen molar-refractivity contribution in [3.8, 4) is 0 Å². The maximum atomic E-state index is 13.0. The number of fused-ring (bicyclic) bond motifs is 2. The lowest BCUT2D eigenvalue weighted by Gasteiger charge is -2.39. The molecule has 5 rings (SSSR count). The van der Waals surface area contributed by atoms with E-state index < -0.39 is 0 Å². The summed E-state index contributed by atoms with van der Waals surface area (Å²) in [6.45, 7) is 6.06. The van der Waals surface area contributed by atoms with Gasteiger partial charge in [0.15, 0.2) is 0 Å². The summed E-state index contributed by atoms with van der Waals surface area (Å²) >= 11 is 8.03. The predicted octanol–water partition coefficient (Wildman–Crippen LogP) is 6.78. The Labute approximate surface area is 217 Å². The summed E-state index contributed by atoms with van der Waals surface area (Å²) in [5.74, 6) is -0.0891. The first-order valence-corrected chi connectivity index (χ1v) is 12.7. The van der Waals surface area contributed by atoms with Gasteiger partial charge in [-0.3, -0.25) is 4.79 Å². The molecule has 3 aromatic rings. The molecule has 0 aliphatic carbocycles. The Balaban J connectivity index is 0.00000274. The highest BCUT2D eigenvalue weighted by Crippen LogP contribution is 2.49. The van der Waals surface area contributed by atoms with Gasteiger partial charge in [-0.05, 0) is 74.8 Å². The van der Waals surface area contributed by atoms with Gasteiger partial charge in [-0.2, -0.15) is 0 Å². The van der Waals surface area contributed by atoms with E-state index >= 15 is 0 Å². The van der Waals surface area contributed by atoms with Gasteiger partial charge in [-0.1, -0.05) is 53.7 Å². The minimum atomic E-state index is -0.0891. The standard InChI is InChI=1S/C27H28ClN3OS.ClH/c1-19(18-30-14-6-7-15-30)31-23-10-4-5-11-25(23)33-26-13-12-20(16-24(26)31)27(32)29-17-21-8-2-3-9-22(21)28;/h2-5,8-13,16,19H,6-7,14-15,17-18H2,1H3,(H,29,32);1H. The fourth-order valence-electron chi connectivity index (χ4n) is 4.74. The summed E-state index contributed by atoms with van der Waals surface area (Å²) in [6.07, 6.45) is 2.57. The maximum Gasteiger partial charge on any atom is 0.251 e. The lowest BCUT2D eigenvalue weighted by molar-refractivity contribution is 0.0951. The van der Waals surface area contributed by atoms with Crippen molar-refractivity contribution < 1.29 is 4.79 Å². The molecular weight excluding hydrogens is 485 g/mol. The highest BCUT2D eigenvalue weighted by atomic mass is 35.5. The third kappa shape index (κ3) is 5.23. The van der Waals surface area contributed by atoms with Gasteiger partial charge >= 0.3 is 0 Å². The number of rotatable bonds is 6. The van der Waals surface area contributed by atoms with Crippen molar-refractivity contribution in [2.75, 3.05) is 24.5 Å². The second-order valence-corrected chi connectivity index (χ2v) is 10.2. The number of halogens is 2. The second-order valence-electron chi connectivity index (χ2n) is 8.75. The zero-order chi connectivity index (χ0) is 22.8. The first-order chi connectivity index (χ1) is 16.1. The number of benzene rings is 3. The molecule has 0 saturated carbocycles. The van der Waals surface area contributed by atoms with Crippen molar-refractivity contribution >= 4 is 53.1 Å². The van der Waals surface area contributed by atoms with E-state index in [2.05, 4.69) is 52.4 Å². The van der Waals surface area contributed by atoms with Gasteiger partial charge in [-0.15, -0.1) is 12.4 Å². The molecule has 1 saturated heterocycles. The van der Waals surface area contributed by atoms with E-state index in [0.29, 0.717) is 23.2 Å². The fourth-order valence-corrected chi connectivity index (χ4v) is 5.99. The Kier molecular flexibility index (Phi) is 8.10. The number of amides is 1. The second kappa shape index (κ2) is 11.0. The molecule has 1 fully saturated rings. The normalized spacial score (nSPS) is 15.8. The quantitative estimate of drug-likeness (QED) is 0.394. The molecule has 0 spiro atoms. The Bertz CT molecular complexity index is 1170. The molecule has 2 aliphatic heterocycles. The average Bonchev–Trinajstić information content (AvgIpc) is 3.34. The lowest BCUT2D eigenvalue weighted by Crippen LogP contribution is -2.40. The Hall–Kier alpha value is -2.18. The van der Waals surface area contributed by atoms with Gasteiger partial charge in [-0.25, -0.2) is 0 Å². The van der Waals surface area contributed by atoms with Crippen LogP contribution in [0, 0.1) is 0 Å². The number of hydrogen-bond acceptors (Lipinski definition) is 4. The van der Waals surface area contributed by atoms with Crippen LogP contribution in [0.4, 0.5) is 11.4 Å². The molecule has 7 heteroatoms. The number of carbonyl (C=O) groups is 1. The molecule has 0 radical (unpaired) electrons. The predicted molar refractivity (Wildman–Crippen MR) is 144 cm³/mol. The van der Waals surface area contributed by atoms with Crippen molar-refractivity contribution in [3.05, 3.63) is 82.9 Å². The molecule has 0 aromatic heterocycles. The van der Waals surface area contributed by atoms with E-state index in [0.717, 1.165) is 17.8 Å². The summed E-state index contributed by atoms with van der Waals surface area (Å²) in [7, 11) is 0. The van der Waals surface area contributed by atoms with Crippen LogP contribution in [0.2, 0.25) is 5.02 Å². The summed E-state index contributed by atoms with van der Waals surface area (Å²) in [5, 5.41) is 3.69. The highest BCUT2D eigenvalue weighted by molar-refractivity contribution is 7.99. The number of nitrogens with one attached hydrogen (secondary N) is 1. The van der Waals surface area contributed by atoms with Crippen LogP contribution >= 0.6 is 35.8 Å². The molecule has 34 heavy (non-hydrogen) atoms. The first-order valence-electron chi connectivity index (χ1n) is 11.5. The smallest absolute Gasteiger partial charge is 0.251 e. The van der Waals surface area contributed by atoms with Crippen LogP contribution in [0.15, 0.2) is 76.5 Å². The molecular formula is C27H29Cl2N3OS. The number of hydrogen-bond donors (Lipinski definition) is 1. The van der Waals surface area contributed by atoms with Crippen LogP contribution in [-0.2, 0) is 6.54 Å². The van der Waals surface area contributed by atoms with Crippen LogP contribution in [0.25, 0.3) is 0 Å². The molecule has 1 unspecified atom stereocenters. The van der Waals surface area contributed by atoms with Crippen LogP contribution in [0.3, 0.4) is 0 Å². The van der Waals surface area contributed by atoms with Gasteiger partial charge in [0.2, 0.25) is 0 Å². The van der Waals surface area contributed by atoms with Gasteiger partial charge in [0.05, 0.1) is 11.4 Å². The monoisotopic (exact) mass is 513 g/mol. The minimum absolute atomic E-state index is 0. The van der Waals surface area contributed by atoms with E-state index in [1.807, 2.05) is 36.4 Å². The van der Waals surface area contributed by atoms with Gasteiger partial charge in [0.25, 0.3) is 5.91 Å². The number of para-hydroxylation sites is 1. The third-order valence-corrected chi connectivity index (χ3v) is 7.88. The number of carbonyl (C=O) groups excluding carboxylic acids is 1. The largest absolute Gasteiger partial charge is 0.348 e. The summed E-state index contributed by atoms with van der Waals surface area (Å²) in [4.78, 5) is 20.4. The zero-order valence-corrected chi connectivity index (χ0v) is 21.6. The van der Waals surface area contributed by atoms with E-state index in [9.17, 15) is 4.79 Å². The zero-order valence-electron chi connectivity index (χ0n) is 19.2. The maximum absolute atomic E-state index is 13.0. The molecule has 1 amide bonds. The molecule has 4 nitrogen and oxygen atoms in total. The van der Waals surface area contributed by atoms with E-state index in [-0.39, 0.29) is 18.3 Å². The van der Waals surface area contributed by atoms with Crippen LogP contribution in [0.1, 0.15) is 35.7 Å². The lowest BCUT2D eigenvalue weighted by atomic mass is 10.1.